The van der Waals surface area contributed by atoms with Crippen molar-refractivity contribution >= 4 is 50.7 Å². The number of carbonyl (C=O) groups excluding carboxylic acids is 2. The topological polar surface area (TPSA) is 86.8 Å². The van der Waals surface area contributed by atoms with Crippen LogP contribution in [0.5, 0.6) is 0 Å². The lowest BCUT2D eigenvalue weighted by molar-refractivity contribution is -0.140. The molecule has 0 aromatic heterocycles. The monoisotopic (exact) mass is 589 g/mol. The molecule has 0 heterocycles. The van der Waals surface area contributed by atoms with E-state index in [4.69, 9.17) is 23.2 Å². The van der Waals surface area contributed by atoms with Gasteiger partial charge in [0.15, 0.2) is 0 Å². The zero-order chi connectivity index (χ0) is 28.7. The largest absolute Gasteiger partial charge is 0.352 e. The number of sulfonamides is 1. The Hall–Kier alpha value is -3.07. The highest BCUT2D eigenvalue weighted by atomic mass is 35.5. The highest BCUT2D eigenvalue weighted by molar-refractivity contribution is 7.92. The molecule has 39 heavy (non-hydrogen) atoms. The molecular formula is C29H33Cl2N3O4S. The van der Waals surface area contributed by atoms with E-state index in [2.05, 4.69) is 5.32 Å². The second kappa shape index (κ2) is 13.3. The first kappa shape index (κ1) is 30.5. The van der Waals surface area contributed by atoms with Crippen LogP contribution in [-0.2, 0) is 32.6 Å². The summed E-state index contributed by atoms with van der Waals surface area (Å²) >= 11 is 12.6. The molecule has 3 aromatic rings. The first-order chi connectivity index (χ1) is 18.4. The van der Waals surface area contributed by atoms with E-state index in [9.17, 15) is 18.0 Å². The number of anilines is 1. The summed E-state index contributed by atoms with van der Waals surface area (Å²) in [6, 6.07) is 20.1. The van der Waals surface area contributed by atoms with Crippen LogP contribution >= 0.6 is 23.2 Å². The third kappa shape index (κ3) is 8.46. The quantitative estimate of drug-likeness (QED) is 0.331. The molecular weight excluding hydrogens is 557 g/mol. The smallest absolute Gasteiger partial charge is 0.244 e. The van der Waals surface area contributed by atoms with Gasteiger partial charge in [0.25, 0.3) is 0 Å². The first-order valence-corrected chi connectivity index (χ1v) is 15.1. The molecule has 208 valence electrons. The second-order valence-electron chi connectivity index (χ2n) is 9.68. The molecule has 0 aliphatic heterocycles. The summed E-state index contributed by atoms with van der Waals surface area (Å²) < 4.78 is 26.8. The number of para-hydroxylation sites is 1. The number of carbonyl (C=O) groups is 2. The van der Waals surface area contributed by atoms with E-state index in [0.29, 0.717) is 26.9 Å². The number of hydrogen-bond acceptors (Lipinski definition) is 4. The van der Waals surface area contributed by atoms with Gasteiger partial charge in [0.05, 0.1) is 11.9 Å². The second-order valence-corrected chi connectivity index (χ2v) is 12.4. The summed E-state index contributed by atoms with van der Waals surface area (Å²) in [7, 11) is -3.84. The summed E-state index contributed by atoms with van der Waals surface area (Å²) in [5, 5.41) is 3.68. The summed E-state index contributed by atoms with van der Waals surface area (Å²) in [6.45, 7) is 4.93. The Morgan fingerprint density at radius 3 is 2.18 bits per heavy atom. The number of hydrogen-bond donors (Lipinski definition) is 1. The fourth-order valence-electron chi connectivity index (χ4n) is 4.21. The van der Waals surface area contributed by atoms with Crippen molar-refractivity contribution in [1.29, 1.82) is 0 Å². The van der Waals surface area contributed by atoms with Crippen molar-refractivity contribution in [2.24, 2.45) is 0 Å². The van der Waals surface area contributed by atoms with E-state index >= 15 is 0 Å². The van der Waals surface area contributed by atoms with Crippen LogP contribution in [0.3, 0.4) is 0 Å². The summed E-state index contributed by atoms with van der Waals surface area (Å²) in [6.07, 6.45) is 1.28. The normalized spacial score (nSPS) is 12.2. The number of aryl methyl sites for hydroxylation is 1. The molecule has 0 aliphatic rings. The number of benzene rings is 3. The lowest BCUT2D eigenvalue weighted by Crippen LogP contribution is -2.54. The first-order valence-electron chi connectivity index (χ1n) is 12.5. The molecule has 0 aliphatic carbocycles. The Balaban J connectivity index is 2.09. The van der Waals surface area contributed by atoms with Gasteiger partial charge in [-0.3, -0.25) is 13.9 Å². The molecule has 0 unspecified atom stereocenters. The van der Waals surface area contributed by atoms with Crippen molar-refractivity contribution in [1.82, 2.24) is 10.2 Å². The van der Waals surface area contributed by atoms with E-state index in [1.165, 1.54) is 4.90 Å². The van der Waals surface area contributed by atoms with Crippen molar-refractivity contribution in [2.45, 2.75) is 45.8 Å². The maximum Gasteiger partial charge on any atom is 0.244 e. The van der Waals surface area contributed by atoms with Gasteiger partial charge in [-0.15, -0.1) is 0 Å². The van der Waals surface area contributed by atoms with Crippen LogP contribution < -0.4 is 9.62 Å². The van der Waals surface area contributed by atoms with Crippen LogP contribution in [0, 0.1) is 6.92 Å². The van der Waals surface area contributed by atoms with Crippen LogP contribution in [0.4, 0.5) is 5.69 Å². The van der Waals surface area contributed by atoms with Crippen LogP contribution in [-0.4, -0.2) is 50.0 Å². The van der Waals surface area contributed by atoms with Gasteiger partial charge in [-0.1, -0.05) is 77.8 Å². The van der Waals surface area contributed by atoms with Crippen LogP contribution in [0.2, 0.25) is 10.0 Å². The summed E-state index contributed by atoms with van der Waals surface area (Å²) in [5.74, 6) is -0.899. The highest BCUT2D eigenvalue weighted by Crippen LogP contribution is 2.26. The predicted octanol–water partition coefficient (Wildman–Crippen LogP) is 5.23. The van der Waals surface area contributed by atoms with Crippen molar-refractivity contribution in [3.63, 3.8) is 0 Å². The Morgan fingerprint density at radius 2 is 1.59 bits per heavy atom. The van der Waals surface area contributed by atoms with Gasteiger partial charge in [-0.25, -0.2) is 8.42 Å². The average molecular weight is 591 g/mol. The van der Waals surface area contributed by atoms with E-state index in [0.717, 1.165) is 16.1 Å². The third-order valence-corrected chi connectivity index (χ3v) is 7.83. The van der Waals surface area contributed by atoms with Crippen molar-refractivity contribution < 1.29 is 18.0 Å². The Labute approximate surface area is 240 Å². The number of nitrogens with one attached hydrogen (secondary N) is 1. The molecule has 0 radical (unpaired) electrons. The van der Waals surface area contributed by atoms with Gasteiger partial charge in [0.1, 0.15) is 12.6 Å². The molecule has 1 N–H and O–H groups in total. The average Bonchev–Trinajstić information content (AvgIpc) is 2.85. The van der Waals surface area contributed by atoms with Crippen LogP contribution in [0.1, 0.15) is 30.5 Å². The Kier molecular flexibility index (Phi) is 10.4. The van der Waals surface area contributed by atoms with E-state index in [1.807, 2.05) is 44.2 Å². The Bertz CT molecular complexity index is 1420. The van der Waals surface area contributed by atoms with E-state index in [1.54, 1.807) is 49.4 Å². The lowest BCUT2D eigenvalue weighted by atomic mass is 10.0. The molecule has 3 aromatic carbocycles. The summed E-state index contributed by atoms with van der Waals surface area (Å²) in [5.41, 5.74) is 2.51. The number of halogens is 2. The van der Waals surface area contributed by atoms with E-state index in [-0.39, 0.29) is 24.9 Å². The fourth-order valence-corrected chi connectivity index (χ4v) is 5.58. The molecule has 1 atom stereocenters. The van der Waals surface area contributed by atoms with Gasteiger partial charge in [0.2, 0.25) is 21.8 Å². The van der Waals surface area contributed by atoms with Gasteiger partial charge >= 0.3 is 0 Å². The molecule has 3 rings (SSSR count). The highest BCUT2D eigenvalue weighted by Gasteiger charge is 2.33. The SMILES string of the molecule is Cc1ccccc1N(CC(=O)N(Cc1ccc(Cl)cc1Cl)[C@H](Cc1ccccc1)C(=O)NC(C)C)S(C)(=O)=O. The number of rotatable bonds is 11. The minimum atomic E-state index is -3.84. The maximum absolute atomic E-state index is 14.1. The van der Waals surface area contributed by atoms with Crippen molar-refractivity contribution in [2.75, 3.05) is 17.1 Å². The number of nitrogens with zero attached hydrogens (tertiary/aromatic N) is 2. The van der Waals surface area contributed by atoms with Gasteiger partial charge in [0, 0.05) is 29.1 Å². The van der Waals surface area contributed by atoms with Gasteiger partial charge in [-0.05, 0) is 55.7 Å². The zero-order valence-corrected chi connectivity index (χ0v) is 24.7. The molecule has 0 saturated carbocycles. The predicted molar refractivity (Wildman–Crippen MR) is 158 cm³/mol. The zero-order valence-electron chi connectivity index (χ0n) is 22.4. The molecule has 0 saturated heterocycles. The van der Waals surface area contributed by atoms with Crippen LogP contribution in [0.15, 0.2) is 72.8 Å². The minimum absolute atomic E-state index is 0.0246. The van der Waals surface area contributed by atoms with Gasteiger partial charge in [-0.2, -0.15) is 0 Å². The third-order valence-electron chi connectivity index (χ3n) is 6.12. The molecule has 0 spiro atoms. The minimum Gasteiger partial charge on any atom is -0.352 e. The molecule has 0 bridgehead atoms. The maximum atomic E-state index is 14.1. The molecule has 10 heteroatoms. The molecule has 7 nitrogen and oxygen atoms in total. The molecule has 2 amide bonds. The Morgan fingerprint density at radius 1 is 0.949 bits per heavy atom. The van der Waals surface area contributed by atoms with Gasteiger partial charge < -0.3 is 10.2 Å². The standard InChI is InChI=1S/C29H33Cl2N3O4S/c1-20(2)32-29(36)27(16-22-11-6-5-7-12-22)33(18-23-14-15-24(30)17-25(23)31)28(35)19-34(39(4,37)38)26-13-9-8-10-21(26)3/h5-15,17,20,27H,16,18-19H2,1-4H3,(H,32,36)/t27-/m1/s1. The van der Waals surface area contributed by atoms with Crippen LogP contribution in [0.25, 0.3) is 0 Å². The van der Waals surface area contributed by atoms with Crippen molar-refractivity contribution in [3.8, 4) is 0 Å². The fraction of sp³-hybridized carbons (Fsp3) is 0.310. The van der Waals surface area contributed by atoms with Crippen molar-refractivity contribution in [3.05, 3.63) is 99.5 Å². The lowest BCUT2D eigenvalue weighted by Gasteiger charge is -2.34. The number of amides is 2. The molecule has 0 fully saturated rings. The van der Waals surface area contributed by atoms with E-state index < -0.39 is 28.5 Å². The summed E-state index contributed by atoms with van der Waals surface area (Å²) in [4.78, 5) is 29.0.